The number of aryl methyl sites for hydroxylation is 1. The van der Waals surface area contributed by atoms with Crippen LogP contribution in [0.15, 0.2) is 54.7 Å². The van der Waals surface area contributed by atoms with E-state index in [1.807, 2.05) is 52.9 Å². The van der Waals surface area contributed by atoms with Gasteiger partial charge in [-0.25, -0.2) is 4.68 Å². The average Bonchev–Trinajstić information content (AvgIpc) is 3.32. The Balaban J connectivity index is 1.37. The maximum absolute atomic E-state index is 13.4. The van der Waals surface area contributed by atoms with E-state index in [2.05, 4.69) is 22.5 Å². The first-order valence-electron chi connectivity index (χ1n) is 10.6. The fourth-order valence-electron chi connectivity index (χ4n) is 4.19. The zero-order valence-corrected chi connectivity index (χ0v) is 17.8. The van der Waals surface area contributed by atoms with Gasteiger partial charge in [0.1, 0.15) is 0 Å². The molecule has 1 saturated carbocycles. The Morgan fingerprint density at radius 2 is 1.93 bits per heavy atom. The third-order valence-corrected chi connectivity index (χ3v) is 6.43. The summed E-state index contributed by atoms with van der Waals surface area (Å²) < 4.78 is 1.91. The number of amides is 1. The molecule has 0 bridgehead atoms. The molecule has 1 atom stereocenters. The summed E-state index contributed by atoms with van der Waals surface area (Å²) in [6.07, 6.45) is 4.89. The van der Waals surface area contributed by atoms with Crippen molar-refractivity contribution in [2.75, 3.05) is 18.4 Å². The van der Waals surface area contributed by atoms with Gasteiger partial charge in [-0.15, -0.1) is 0 Å². The molecule has 1 aliphatic carbocycles. The monoisotopic (exact) mass is 420 g/mol. The highest BCUT2D eigenvalue weighted by Crippen LogP contribution is 2.43. The number of rotatable bonds is 5. The summed E-state index contributed by atoms with van der Waals surface area (Å²) in [5.41, 5.74) is 4.80. The lowest BCUT2D eigenvalue weighted by Crippen LogP contribution is -2.32. The van der Waals surface area contributed by atoms with Crippen LogP contribution in [0.4, 0.5) is 5.69 Å². The van der Waals surface area contributed by atoms with Gasteiger partial charge >= 0.3 is 0 Å². The van der Waals surface area contributed by atoms with E-state index in [1.165, 1.54) is 0 Å². The summed E-state index contributed by atoms with van der Waals surface area (Å²) in [5.74, 6) is 0.478. The molecule has 30 heavy (non-hydrogen) atoms. The molecule has 1 unspecified atom stereocenters. The van der Waals surface area contributed by atoms with Crippen LogP contribution in [0, 0.1) is 6.92 Å². The second-order valence-corrected chi connectivity index (χ2v) is 8.72. The Bertz CT molecular complexity index is 1070. The summed E-state index contributed by atoms with van der Waals surface area (Å²) in [5, 5.41) is 8.85. The summed E-state index contributed by atoms with van der Waals surface area (Å²) >= 11 is 6.34. The van der Waals surface area contributed by atoms with Crippen LogP contribution < -0.4 is 5.32 Å². The molecule has 1 amide bonds. The van der Waals surface area contributed by atoms with Crippen LogP contribution in [0.2, 0.25) is 5.02 Å². The summed E-state index contributed by atoms with van der Waals surface area (Å²) in [4.78, 5) is 15.3. The molecule has 1 aromatic heterocycles. The molecule has 5 rings (SSSR count). The molecule has 154 valence electrons. The van der Waals surface area contributed by atoms with Crippen molar-refractivity contribution in [2.45, 2.75) is 38.1 Å². The van der Waals surface area contributed by atoms with Crippen LogP contribution in [-0.4, -0.2) is 39.7 Å². The summed E-state index contributed by atoms with van der Waals surface area (Å²) in [6.45, 7) is 3.45. The lowest BCUT2D eigenvalue weighted by atomic mass is 10.1. The van der Waals surface area contributed by atoms with Crippen LogP contribution in [0.1, 0.15) is 46.8 Å². The quantitative estimate of drug-likeness (QED) is 0.629. The molecular weight excluding hydrogens is 396 g/mol. The molecule has 6 heteroatoms. The molecule has 3 aromatic rings. The minimum absolute atomic E-state index is 0.0821. The number of hydrogen-bond donors (Lipinski definition) is 1. The first-order valence-corrected chi connectivity index (χ1v) is 10.9. The number of carbonyl (C=O) groups excluding carboxylic acids is 1. The van der Waals surface area contributed by atoms with Gasteiger partial charge in [0.15, 0.2) is 0 Å². The van der Waals surface area contributed by atoms with E-state index in [0.29, 0.717) is 17.5 Å². The Kier molecular flexibility index (Phi) is 4.99. The number of carbonyl (C=O) groups is 1. The number of benzene rings is 2. The van der Waals surface area contributed by atoms with Gasteiger partial charge in [-0.05, 0) is 56.0 Å². The first kappa shape index (κ1) is 19.2. The molecule has 1 N–H and O–H groups in total. The number of hydrogen-bond acceptors (Lipinski definition) is 3. The fourth-order valence-corrected chi connectivity index (χ4v) is 4.37. The van der Waals surface area contributed by atoms with E-state index in [0.717, 1.165) is 54.0 Å². The van der Waals surface area contributed by atoms with Crippen molar-refractivity contribution < 1.29 is 4.79 Å². The number of para-hydroxylation sites is 1. The molecule has 1 saturated heterocycles. The SMILES string of the molecule is Cc1ccc(-n2ncc(C(=O)N3CCC(Nc4ccccc4)C3)c2C2CC2)cc1Cl. The van der Waals surface area contributed by atoms with Crippen LogP contribution in [0.5, 0.6) is 0 Å². The lowest BCUT2D eigenvalue weighted by Gasteiger charge is -2.18. The number of nitrogens with zero attached hydrogens (tertiary/aromatic N) is 3. The number of nitrogens with one attached hydrogen (secondary N) is 1. The van der Waals surface area contributed by atoms with Gasteiger partial charge < -0.3 is 10.2 Å². The van der Waals surface area contributed by atoms with Crippen LogP contribution in [0.25, 0.3) is 5.69 Å². The van der Waals surface area contributed by atoms with E-state index in [9.17, 15) is 4.79 Å². The topological polar surface area (TPSA) is 50.2 Å². The van der Waals surface area contributed by atoms with Gasteiger partial charge in [-0.2, -0.15) is 5.10 Å². The largest absolute Gasteiger partial charge is 0.380 e. The van der Waals surface area contributed by atoms with E-state index in [1.54, 1.807) is 6.20 Å². The van der Waals surface area contributed by atoms with Gasteiger partial charge in [0.25, 0.3) is 5.91 Å². The molecule has 2 aliphatic rings. The van der Waals surface area contributed by atoms with Crippen LogP contribution >= 0.6 is 11.6 Å². The van der Waals surface area contributed by atoms with Crippen molar-refractivity contribution in [3.8, 4) is 5.69 Å². The van der Waals surface area contributed by atoms with E-state index in [-0.39, 0.29) is 11.9 Å². The molecule has 2 fully saturated rings. The van der Waals surface area contributed by atoms with Crippen molar-refractivity contribution in [1.82, 2.24) is 14.7 Å². The van der Waals surface area contributed by atoms with Crippen molar-refractivity contribution >= 4 is 23.2 Å². The number of halogens is 1. The number of aromatic nitrogens is 2. The third-order valence-electron chi connectivity index (χ3n) is 6.02. The predicted molar refractivity (Wildman–Crippen MR) is 120 cm³/mol. The molecule has 0 radical (unpaired) electrons. The van der Waals surface area contributed by atoms with Gasteiger partial charge in [-0.3, -0.25) is 4.79 Å². The number of anilines is 1. The molecule has 0 spiro atoms. The lowest BCUT2D eigenvalue weighted by molar-refractivity contribution is 0.0790. The Morgan fingerprint density at radius 3 is 2.67 bits per heavy atom. The number of likely N-dealkylation sites (tertiary alicyclic amines) is 1. The Morgan fingerprint density at radius 1 is 1.13 bits per heavy atom. The molecule has 5 nitrogen and oxygen atoms in total. The van der Waals surface area contributed by atoms with Crippen molar-refractivity contribution in [3.05, 3.63) is 76.6 Å². The third kappa shape index (κ3) is 3.70. The van der Waals surface area contributed by atoms with Crippen molar-refractivity contribution in [1.29, 1.82) is 0 Å². The minimum Gasteiger partial charge on any atom is -0.380 e. The molecule has 2 heterocycles. The Labute approximate surface area is 181 Å². The highest BCUT2D eigenvalue weighted by atomic mass is 35.5. The van der Waals surface area contributed by atoms with Crippen LogP contribution in [-0.2, 0) is 0 Å². The van der Waals surface area contributed by atoms with Crippen molar-refractivity contribution in [3.63, 3.8) is 0 Å². The first-order chi connectivity index (χ1) is 14.6. The predicted octanol–water partition coefficient (Wildman–Crippen LogP) is 5.04. The average molecular weight is 421 g/mol. The highest BCUT2D eigenvalue weighted by molar-refractivity contribution is 6.31. The van der Waals surface area contributed by atoms with Crippen LogP contribution in [0.3, 0.4) is 0 Å². The normalized spacial score (nSPS) is 18.6. The van der Waals surface area contributed by atoms with Gasteiger partial charge in [0.05, 0.1) is 23.1 Å². The maximum Gasteiger partial charge on any atom is 0.257 e. The summed E-state index contributed by atoms with van der Waals surface area (Å²) in [7, 11) is 0. The highest BCUT2D eigenvalue weighted by Gasteiger charge is 2.36. The molecule has 1 aliphatic heterocycles. The zero-order chi connectivity index (χ0) is 20.7. The second-order valence-electron chi connectivity index (χ2n) is 8.31. The van der Waals surface area contributed by atoms with E-state index < -0.39 is 0 Å². The standard InChI is InChI=1S/C24H25ClN4O/c1-16-7-10-20(13-22(16)25)29-23(17-8-9-17)21(14-26-29)24(30)28-12-11-19(15-28)27-18-5-3-2-4-6-18/h2-7,10,13-14,17,19,27H,8-9,11-12,15H2,1H3. The summed E-state index contributed by atoms with van der Waals surface area (Å²) in [6, 6.07) is 16.4. The Hall–Kier alpha value is -2.79. The van der Waals surface area contributed by atoms with Gasteiger partial charge in [0.2, 0.25) is 0 Å². The zero-order valence-electron chi connectivity index (χ0n) is 17.0. The smallest absolute Gasteiger partial charge is 0.257 e. The van der Waals surface area contributed by atoms with Gasteiger partial charge in [0, 0.05) is 35.8 Å². The van der Waals surface area contributed by atoms with E-state index >= 15 is 0 Å². The fraction of sp³-hybridized carbons (Fsp3) is 0.333. The maximum atomic E-state index is 13.4. The second kappa shape index (κ2) is 7.80. The van der Waals surface area contributed by atoms with Gasteiger partial charge in [-0.1, -0.05) is 35.9 Å². The van der Waals surface area contributed by atoms with E-state index in [4.69, 9.17) is 11.6 Å². The van der Waals surface area contributed by atoms with Crippen molar-refractivity contribution in [2.24, 2.45) is 0 Å². The molecule has 2 aromatic carbocycles. The molecular formula is C24H25ClN4O. The minimum atomic E-state index is 0.0821.